The van der Waals surface area contributed by atoms with Crippen LogP contribution in [0.1, 0.15) is 19.8 Å². The molecule has 4 N–H and O–H groups in total. The summed E-state index contributed by atoms with van der Waals surface area (Å²) < 4.78 is 0. The number of halogens is 1. The number of anilines is 2. The Morgan fingerprint density at radius 1 is 1.56 bits per heavy atom. The van der Waals surface area contributed by atoms with Crippen LogP contribution in [0.3, 0.4) is 0 Å². The maximum Gasteiger partial charge on any atom is 0.223 e. The van der Waals surface area contributed by atoms with Crippen LogP contribution in [0.4, 0.5) is 11.8 Å². The number of aliphatic hydroxyl groups excluding tert-OH is 1. The van der Waals surface area contributed by atoms with Crippen molar-refractivity contribution in [1.82, 2.24) is 9.97 Å². The molecule has 0 saturated carbocycles. The second-order valence-electron chi connectivity index (χ2n) is 3.79. The predicted molar refractivity (Wildman–Crippen MR) is 65.4 cm³/mol. The van der Waals surface area contributed by atoms with E-state index in [1.165, 1.54) is 0 Å². The van der Waals surface area contributed by atoms with E-state index in [0.717, 1.165) is 19.4 Å². The minimum atomic E-state index is 0.165. The molecule has 0 spiro atoms. The molecule has 0 fully saturated rings. The molecule has 0 aliphatic heterocycles. The van der Waals surface area contributed by atoms with Crippen molar-refractivity contribution >= 4 is 23.4 Å². The minimum absolute atomic E-state index is 0.165. The third kappa shape index (κ3) is 4.63. The van der Waals surface area contributed by atoms with E-state index >= 15 is 0 Å². The third-order valence-electron chi connectivity index (χ3n) is 2.20. The molecule has 0 aliphatic carbocycles. The number of nitrogens with zero attached hydrogens (tertiary/aromatic N) is 2. The first-order chi connectivity index (χ1) is 7.61. The molecule has 1 atom stereocenters. The van der Waals surface area contributed by atoms with Crippen LogP contribution in [0.15, 0.2) is 6.07 Å². The van der Waals surface area contributed by atoms with Crippen molar-refractivity contribution in [2.24, 2.45) is 5.92 Å². The van der Waals surface area contributed by atoms with E-state index in [0.29, 0.717) is 16.9 Å². The second kappa shape index (κ2) is 6.50. The number of aliphatic hydroxyl groups is 1. The molecule has 0 saturated heterocycles. The molecule has 1 rings (SSSR count). The van der Waals surface area contributed by atoms with Crippen LogP contribution in [0, 0.1) is 5.92 Å². The summed E-state index contributed by atoms with van der Waals surface area (Å²) >= 11 is 5.73. The lowest BCUT2D eigenvalue weighted by atomic mass is 10.1. The number of hydrogen-bond acceptors (Lipinski definition) is 5. The van der Waals surface area contributed by atoms with Gasteiger partial charge in [0.05, 0.1) is 0 Å². The van der Waals surface area contributed by atoms with Gasteiger partial charge < -0.3 is 16.2 Å². The zero-order valence-electron chi connectivity index (χ0n) is 9.28. The fraction of sp³-hybridized carbons (Fsp3) is 0.600. The van der Waals surface area contributed by atoms with Crippen LogP contribution in [0.5, 0.6) is 0 Å². The average molecular weight is 245 g/mol. The Hall–Kier alpha value is -1.07. The van der Waals surface area contributed by atoms with Gasteiger partial charge in [0.1, 0.15) is 11.0 Å². The monoisotopic (exact) mass is 244 g/mol. The van der Waals surface area contributed by atoms with Crippen LogP contribution < -0.4 is 11.1 Å². The normalized spacial score (nSPS) is 12.4. The second-order valence-corrected chi connectivity index (χ2v) is 4.18. The van der Waals surface area contributed by atoms with Crippen LogP contribution in [0.2, 0.25) is 5.15 Å². The first-order valence-corrected chi connectivity index (χ1v) is 5.64. The van der Waals surface area contributed by atoms with E-state index in [4.69, 9.17) is 22.4 Å². The molecule has 1 unspecified atom stereocenters. The lowest BCUT2D eigenvalue weighted by Crippen LogP contribution is -2.08. The topological polar surface area (TPSA) is 84.1 Å². The van der Waals surface area contributed by atoms with E-state index < -0.39 is 0 Å². The summed E-state index contributed by atoms with van der Waals surface area (Å²) in [7, 11) is 0. The number of hydrogen-bond donors (Lipinski definition) is 3. The van der Waals surface area contributed by atoms with E-state index in [1.807, 2.05) is 6.92 Å². The summed E-state index contributed by atoms with van der Waals surface area (Å²) in [6.45, 7) is 3.02. The van der Waals surface area contributed by atoms with Gasteiger partial charge in [0.25, 0.3) is 0 Å². The molecule has 1 heterocycles. The van der Waals surface area contributed by atoms with E-state index in [9.17, 15) is 0 Å². The van der Waals surface area contributed by atoms with E-state index in [2.05, 4.69) is 15.3 Å². The maximum atomic E-state index is 8.85. The number of rotatable bonds is 6. The zero-order valence-corrected chi connectivity index (χ0v) is 10.0. The van der Waals surface area contributed by atoms with Crippen molar-refractivity contribution in [2.45, 2.75) is 19.8 Å². The zero-order chi connectivity index (χ0) is 12.0. The van der Waals surface area contributed by atoms with Gasteiger partial charge >= 0.3 is 0 Å². The Labute approximate surface area is 100 Å². The number of nitrogens with two attached hydrogens (primary N) is 1. The Morgan fingerprint density at radius 2 is 2.31 bits per heavy atom. The first kappa shape index (κ1) is 13.0. The number of aromatic nitrogens is 2. The standard InChI is InChI=1S/C10H17ClN4O/c1-7(6-16)3-2-4-13-9-5-8(11)14-10(12)15-9/h5,7,16H,2-4,6H2,1H3,(H3,12,13,14,15). The molecule has 1 aromatic heterocycles. The van der Waals surface area contributed by atoms with Gasteiger partial charge in [-0.2, -0.15) is 4.98 Å². The fourth-order valence-corrected chi connectivity index (χ4v) is 1.47. The summed E-state index contributed by atoms with van der Waals surface area (Å²) in [6, 6.07) is 1.63. The van der Waals surface area contributed by atoms with Gasteiger partial charge in [-0.1, -0.05) is 18.5 Å². The summed E-state index contributed by atoms with van der Waals surface area (Å²) in [5.74, 6) is 1.13. The van der Waals surface area contributed by atoms with Crippen molar-refractivity contribution in [2.75, 3.05) is 24.2 Å². The summed E-state index contributed by atoms with van der Waals surface area (Å²) in [4.78, 5) is 7.76. The molecule has 0 radical (unpaired) electrons. The van der Waals surface area contributed by atoms with E-state index in [1.54, 1.807) is 6.07 Å². The summed E-state index contributed by atoms with van der Waals surface area (Å²) in [5, 5.41) is 12.3. The Kier molecular flexibility index (Phi) is 5.28. The molecule has 5 nitrogen and oxygen atoms in total. The van der Waals surface area contributed by atoms with Gasteiger partial charge in [-0.25, -0.2) is 4.98 Å². The minimum Gasteiger partial charge on any atom is -0.396 e. The van der Waals surface area contributed by atoms with Gasteiger partial charge in [0.15, 0.2) is 0 Å². The number of nitrogen functional groups attached to an aromatic ring is 1. The van der Waals surface area contributed by atoms with Crippen LogP contribution in [-0.4, -0.2) is 28.2 Å². The third-order valence-corrected chi connectivity index (χ3v) is 2.40. The van der Waals surface area contributed by atoms with Crippen LogP contribution in [0.25, 0.3) is 0 Å². The molecular formula is C10H17ClN4O. The van der Waals surface area contributed by atoms with Crippen molar-refractivity contribution < 1.29 is 5.11 Å². The highest BCUT2D eigenvalue weighted by Gasteiger charge is 2.01. The predicted octanol–water partition coefficient (Wildman–Crippen LogP) is 1.53. The molecule has 0 bridgehead atoms. The Balaban J connectivity index is 2.32. The molecule has 0 aliphatic rings. The fourth-order valence-electron chi connectivity index (χ4n) is 1.28. The van der Waals surface area contributed by atoms with Crippen molar-refractivity contribution in [3.05, 3.63) is 11.2 Å². The molecule has 0 aromatic carbocycles. The highest BCUT2D eigenvalue weighted by atomic mass is 35.5. The van der Waals surface area contributed by atoms with Gasteiger partial charge in [0.2, 0.25) is 5.95 Å². The van der Waals surface area contributed by atoms with Crippen molar-refractivity contribution in [3.8, 4) is 0 Å². The lowest BCUT2D eigenvalue weighted by Gasteiger charge is -2.09. The molecule has 6 heteroatoms. The number of nitrogens with one attached hydrogen (secondary N) is 1. The quantitative estimate of drug-likeness (QED) is 0.522. The summed E-state index contributed by atoms with van der Waals surface area (Å²) in [6.07, 6.45) is 1.93. The maximum absolute atomic E-state index is 8.85. The lowest BCUT2D eigenvalue weighted by molar-refractivity contribution is 0.229. The van der Waals surface area contributed by atoms with Gasteiger partial charge in [-0.05, 0) is 18.8 Å². The Bertz CT molecular complexity index is 314. The van der Waals surface area contributed by atoms with Crippen LogP contribution in [-0.2, 0) is 0 Å². The molecular weight excluding hydrogens is 228 g/mol. The highest BCUT2D eigenvalue weighted by Crippen LogP contribution is 2.12. The SMILES string of the molecule is CC(CO)CCCNc1cc(Cl)nc(N)n1. The molecule has 0 amide bonds. The van der Waals surface area contributed by atoms with Gasteiger partial charge in [-0.15, -0.1) is 0 Å². The largest absolute Gasteiger partial charge is 0.396 e. The highest BCUT2D eigenvalue weighted by molar-refractivity contribution is 6.29. The smallest absolute Gasteiger partial charge is 0.223 e. The van der Waals surface area contributed by atoms with Crippen molar-refractivity contribution in [3.63, 3.8) is 0 Å². The molecule has 1 aromatic rings. The van der Waals surface area contributed by atoms with Crippen LogP contribution >= 0.6 is 11.6 Å². The molecule has 90 valence electrons. The average Bonchev–Trinajstić information content (AvgIpc) is 2.22. The first-order valence-electron chi connectivity index (χ1n) is 5.26. The van der Waals surface area contributed by atoms with Gasteiger partial charge in [0, 0.05) is 19.2 Å². The van der Waals surface area contributed by atoms with Gasteiger partial charge in [-0.3, -0.25) is 0 Å². The molecule has 16 heavy (non-hydrogen) atoms. The van der Waals surface area contributed by atoms with E-state index in [-0.39, 0.29) is 12.6 Å². The van der Waals surface area contributed by atoms with Crippen molar-refractivity contribution in [1.29, 1.82) is 0 Å². The Morgan fingerprint density at radius 3 is 2.94 bits per heavy atom. The summed E-state index contributed by atoms with van der Waals surface area (Å²) in [5.41, 5.74) is 5.45.